The van der Waals surface area contributed by atoms with Gasteiger partial charge in [-0.15, -0.1) is 0 Å². The molecule has 0 amide bonds. The van der Waals surface area contributed by atoms with Gasteiger partial charge in [-0.3, -0.25) is 0 Å². The molecule has 0 heterocycles. The van der Waals surface area contributed by atoms with Crippen LogP contribution in [0.2, 0.25) is 0 Å². The summed E-state index contributed by atoms with van der Waals surface area (Å²) >= 11 is 0. The average molecular weight is 122 g/mol. The Morgan fingerprint density at radius 1 is 1.00 bits per heavy atom. The summed E-state index contributed by atoms with van der Waals surface area (Å²) < 4.78 is 0. The monoisotopic (exact) mass is 122 g/mol. The first-order valence-electron chi connectivity index (χ1n) is 4.02. The molecule has 0 fully saturated rings. The lowest BCUT2D eigenvalue weighted by molar-refractivity contribution is 0.426. The predicted octanol–water partition coefficient (Wildman–Crippen LogP) is 2.75. The summed E-state index contributed by atoms with van der Waals surface area (Å²) in [5.74, 6) is 1.87. The van der Waals surface area contributed by atoms with Crippen molar-refractivity contribution in [3.05, 3.63) is 11.1 Å². The van der Waals surface area contributed by atoms with Crippen molar-refractivity contribution in [1.82, 2.24) is 0 Å². The first-order chi connectivity index (χ1) is 4.30. The van der Waals surface area contributed by atoms with Crippen molar-refractivity contribution in [3.8, 4) is 0 Å². The molecular formula is C9H14. The Bertz CT molecular complexity index is 147. The van der Waals surface area contributed by atoms with Crippen molar-refractivity contribution in [2.45, 2.75) is 33.1 Å². The molecule has 0 aromatic rings. The third-order valence-corrected chi connectivity index (χ3v) is 3.15. The summed E-state index contributed by atoms with van der Waals surface area (Å²) in [7, 11) is 0. The van der Waals surface area contributed by atoms with Gasteiger partial charge in [0.15, 0.2) is 0 Å². The molecule has 0 aliphatic heterocycles. The highest BCUT2D eigenvalue weighted by molar-refractivity contribution is 5.34. The zero-order chi connectivity index (χ0) is 6.43. The van der Waals surface area contributed by atoms with Gasteiger partial charge in [0.05, 0.1) is 0 Å². The van der Waals surface area contributed by atoms with E-state index in [1.807, 2.05) is 11.1 Å². The third kappa shape index (κ3) is 0.540. The molecule has 9 heavy (non-hydrogen) atoms. The maximum absolute atomic E-state index is 2.37. The highest BCUT2D eigenvalue weighted by atomic mass is 14.4. The standard InChI is InChI=1S/C9H14/c1-6-7(2)9-5-3-4-8(6)9/h6-7H,3-5H2,1-2H3. The van der Waals surface area contributed by atoms with Crippen LogP contribution < -0.4 is 0 Å². The molecule has 0 nitrogen and oxygen atoms in total. The minimum atomic E-state index is 0.933. The van der Waals surface area contributed by atoms with Gasteiger partial charge in [0.25, 0.3) is 0 Å². The van der Waals surface area contributed by atoms with Crippen LogP contribution in [0.15, 0.2) is 11.1 Å². The topological polar surface area (TPSA) is 0 Å². The molecule has 50 valence electrons. The van der Waals surface area contributed by atoms with E-state index in [-0.39, 0.29) is 0 Å². The highest BCUT2D eigenvalue weighted by Gasteiger charge is 2.35. The van der Waals surface area contributed by atoms with Crippen LogP contribution in [0.3, 0.4) is 0 Å². The van der Waals surface area contributed by atoms with Crippen molar-refractivity contribution in [1.29, 1.82) is 0 Å². The Morgan fingerprint density at radius 2 is 1.44 bits per heavy atom. The van der Waals surface area contributed by atoms with Gasteiger partial charge in [-0.1, -0.05) is 25.0 Å². The molecule has 0 aromatic heterocycles. The predicted molar refractivity (Wildman–Crippen MR) is 39.2 cm³/mol. The van der Waals surface area contributed by atoms with E-state index in [1.165, 1.54) is 19.3 Å². The Labute approximate surface area is 57.0 Å². The number of rotatable bonds is 0. The van der Waals surface area contributed by atoms with Gasteiger partial charge >= 0.3 is 0 Å². The Kier molecular flexibility index (Phi) is 0.992. The molecule has 0 radical (unpaired) electrons. The molecular weight excluding hydrogens is 108 g/mol. The molecule has 0 bridgehead atoms. The van der Waals surface area contributed by atoms with Crippen LogP contribution in [-0.2, 0) is 0 Å². The summed E-state index contributed by atoms with van der Waals surface area (Å²) in [6, 6.07) is 0. The van der Waals surface area contributed by atoms with Gasteiger partial charge in [0, 0.05) is 0 Å². The van der Waals surface area contributed by atoms with E-state index in [1.54, 1.807) is 0 Å². The molecule has 2 aliphatic rings. The lowest BCUT2D eigenvalue weighted by Gasteiger charge is -2.34. The molecule has 0 saturated heterocycles. The molecule has 0 saturated carbocycles. The van der Waals surface area contributed by atoms with E-state index in [0.29, 0.717) is 0 Å². The molecule has 0 N–H and O–H groups in total. The van der Waals surface area contributed by atoms with Crippen molar-refractivity contribution in [2.75, 3.05) is 0 Å². The number of hydrogen-bond acceptors (Lipinski definition) is 0. The zero-order valence-electron chi connectivity index (χ0n) is 6.28. The minimum absolute atomic E-state index is 0.933. The summed E-state index contributed by atoms with van der Waals surface area (Å²) in [5, 5.41) is 0. The molecule has 2 atom stereocenters. The van der Waals surface area contributed by atoms with Crippen LogP contribution in [0.25, 0.3) is 0 Å². The summed E-state index contributed by atoms with van der Waals surface area (Å²) in [4.78, 5) is 0. The molecule has 0 aromatic carbocycles. The number of allylic oxidation sites excluding steroid dienone is 2. The third-order valence-electron chi connectivity index (χ3n) is 3.15. The van der Waals surface area contributed by atoms with Gasteiger partial charge in [-0.25, -0.2) is 0 Å². The fraction of sp³-hybridized carbons (Fsp3) is 0.778. The van der Waals surface area contributed by atoms with Crippen molar-refractivity contribution in [3.63, 3.8) is 0 Å². The van der Waals surface area contributed by atoms with E-state index >= 15 is 0 Å². The Morgan fingerprint density at radius 3 is 1.89 bits per heavy atom. The molecule has 2 rings (SSSR count). The fourth-order valence-electron chi connectivity index (χ4n) is 2.34. The van der Waals surface area contributed by atoms with Crippen LogP contribution in [0.4, 0.5) is 0 Å². The molecule has 2 aliphatic carbocycles. The zero-order valence-corrected chi connectivity index (χ0v) is 6.28. The van der Waals surface area contributed by atoms with Crippen LogP contribution in [0, 0.1) is 11.8 Å². The lowest BCUT2D eigenvalue weighted by Crippen LogP contribution is -2.22. The molecule has 0 heteroatoms. The maximum atomic E-state index is 2.37. The number of hydrogen-bond donors (Lipinski definition) is 0. The summed E-state index contributed by atoms with van der Waals surface area (Å²) in [6.07, 6.45) is 4.28. The largest absolute Gasteiger partial charge is 0.0673 e. The van der Waals surface area contributed by atoms with Crippen molar-refractivity contribution >= 4 is 0 Å². The summed E-state index contributed by atoms with van der Waals surface area (Å²) in [5.41, 5.74) is 3.62. The highest BCUT2D eigenvalue weighted by Crippen LogP contribution is 2.49. The van der Waals surface area contributed by atoms with Crippen LogP contribution in [-0.4, -0.2) is 0 Å². The Hall–Kier alpha value is -0.260. The van der Waals surface area contributed by atoms with E-state index in [9.17, 15) is 0 Å². The van der Waals surface area contributed by atoms with Crippen LogP contribution in [0.1, 0.15) is 33.1 Å². The van der Waals surface area contributed by atoms with Gasteiger partial charge in [-0.2, -0.15) is 0 Å². The lowest BCUT2D eigenvalue weighted by atomic mass is 9.71. The Balaban J connectivity index is 2.26. The van der Waals surface area contributed by atoms with Crippen LogP contribution >= 0.6 is 0 Å². The smallest absolute Gasteiger partial charge is 0.0166 e. The van der Waals surface area contributed by atoms with Gasteiger partial charge in [0.2, 0.25) is 0 Å². The average Bonchev–Trinajstić information content (AvgIpc) is 2.30. The normalized spacial score (nSPS) is 40.7. The second kappa shape index (κ2) is 1.62. The fourth-order valence-corrected chi connectivity index (χ4v) is 2.34. The van der Waals surface area contributed by atoms with Gasteiger partial charge in [-0.05, 0) is 31.1 Å². The SMILES string of the molecule is CC1C2=C(CCC2)C1C. The maximum Gasteiger partial charge on any atom is -0.0166 e. The van der Waals surface area contributed by atoms with E-state index in [4.69, 9.17) is 0 Å². The van der Waals surface area contributed by atoms with Crippen LogP contribution in [0.5, 0.6) is 0 Å². The first kappa shape index (κ1) is 5.52. The van der Waals surface area contributed by atoms with E-state index in [0.717, 1.165) is 11.8 Å². The van der Waals surface area contributed by atoms with Crippen molar-refractivity contribution in [2.24, 2.45) is 11.8 Å². The quantitative estimate of drug-likeness (QED) is 0.433. The van der Waals surface area contributed by atoms with Crippen molar-refractivity contribution < 1.29 is 0 Å². The van der Waals surface area contributed by atoms with E-state index in [2.05, 4.69) is 13.8 Å². The van der Waals surface area contributed by atoms with Gasteiger partial charge in [0.1, 0.15) is 0 Å². The molecule has 0 spiro atoms. The summed E-state index contributed by atoms with van der Waals surface area (Å²) in [6.45, 7) is 4.74. The molecule has 2 unspecified atom stereocenters. The van der Waals surface area contributed by atoms with Gasteiger partial charge < -0.3 is 0 Å². The minimum Gasteiger partial charge on any atom is -0.0673 e. The van der Waals surface area contributed by atoms with E-state index < -0.39 is 0 Å². The second-order valence-corrected chi connectivity index (χ2v) is 3.48. The first-order valence-corrected chi connectivity index (χ1v) is 4.02. The second-order valence-electron chi connectivity index (χ2n) is 3.48.